The Morgan fingerprint density at radius 2 is 2.05 bits per heavy atom. The number of hydrogen-bond donors (Lipinski definition) is 0. The van der Waals surface area contributed by atoms with Gasteiger partial charge in [0.1, 0.15) is 0 Å². The van der Waals surface area contributed by atoms with E-state index in [0.717, 1.165) is 0 Å². The fraction of sp³-hybridized carbons (Fsp3) is 0.750. The Kier molecular flexibility index (Phi) is 6.13. The lowest BCUT2D eigenvalue weighted by Crippen LogP contribution is -2.21. The number of carbonyl (C=O) groups is 1. The Balaban J connectivity index is 2.87. The summed E-state index contributed by atoms with van der Waals surface area (Å²) in [4.78, 5) is 11.5. The molecule has 0 atom stereocenters. The molecule has 0 spiro atoms. The molecule has 0 aliphatic carbocycles. The van der Waals surface area contributed by atoms with E-state index in [0.29, 0.717) is 11.3 Å². The van der Waals surface area contributed by atoms with E-state index >= 15 is 0 Å². The normalized spacial score (nSPS) is 12.0. The summed E-state index contributed by atoms with van der Waals surface area (Å²) in [6, 6.07) is 0. The average molecular weight is 309 g/mol. The molecule has 21 heavy (non-hydrogen) atoms. The minimum Gasteiger partial charge on any atom is -0.461 e. The number of alkyl halides is 3. The van der Waals surface area contributed by atoms with E-state index in [1.807, 2.05) is 13.8 Å². The standard InChI is InChI=1S/C12H18F3N3O3/c1-4-21-11(19)9-10(12(13,14)15)18(17-16-9)5-6-20-7-8(2)3/h8H,4-7H2,1-3H3. The zero-order valence-corrected chi connectivity index (χ0v) is 12.1. The Morgan fingerprint density at radius 3 is 2.57 bits per heavy atom. The van der Waals surface area contributed by atoms with Crippen LogP contribution < -0.4 is 0 Å². The van der Waals surface area contributed by atoms with Gasteiger partial charge in [-0.3, -0.25) is 0 Å². The van der Waals surface area contributed by atoms with Gasteiger partial charge in [0.15, 0.2) is 5.69 Å². The predicted octanol–water partition coefficient (Wildman–Crippen LogP) is 2.15. The Labute approximate surface area is 120 Å². The lowest BCUT2D eigenvalue weighted by Gasteiger charge is -2.11. The molecule has 0 N–H and O–H groups in total. The lowest BCUT2D eigenvalue weighted by molar-refractivity contribution is -0.145. The van der Waals surface area contributed by atoms with Crippen LogP contribution in [0, 0.1) is 5.92 Å². The summed E-state index contributed by atoms with van der Waals surface area (Å²) in [6.07, 6.45) is -4.75. The highest BCUT2D eigenvalue weighted by molar-refractivity contribution is 5.88. The van der Waals surface area contributed by atoms with Gasteiger partial charge in [0.2, 0.25) is 5.69 Å². The molecule has 6 nitrogen and oxygen atoms in total. The fourth-order valence-corrected chi connectivity index (χ4v) is 1.56. The fourth-order valence-electron chi connectivity index (χ4n) is 1.56. The third-order valence-electron chi connectivity index (χ3n) is 2.37. The van der Waals surface area contributed by atoms with Crippen molar-refractivity contribution in [3.63, 3.8) is 0 Å². The summed E-state index contributed by atoms with van der Waals surface area (Å²) in [6.45, 7) is 5.64. The third-order valence-corrected chi connectivity index (χ3v) is 2.37. The van der Waals surface area contributed by atoms with Gasteiger partial charge in [-0.2, -0.15) is 13.2 Å². The number of rotatable bonds is 7. The van der Waals surface area contributed by atoms with Crippen LogP contribution in [0.1, 0.15) is 37.0 Å². The molecule has 1 aromatic heterocycles. The molecular weight excluding hydrogens is 291 g/mol. The molecule has 0 fully saturated rings. The second-order valence-corrected chi connectivity index (χ2v) is 4.70. The van der Waals surface area contributed by atoms with Crippen LogP contribution in [0.2, 0.25) is 0 Å². The molecule has 0 bridgehead atoms. The highest BCUT2D eigenvalue weighted by Crippen LogP contribution is 2.31. The summed E-state index contributed by atoms with van der Waals surface area (Å²) in [5.74, 6) is -0.864. The van der Waals surface area contributed by atoms with E-state index in [1.165, 1.54) is 6.92 Å². The van der Waals surface area contributed by atoms with Gasteiger partial charge in [0.05, 0.1) is 19.8 Å². The van der Waals surface area contributed by atoms with Crippen molar-refractivity contribution in [1.82, 2.24) is 15.0 Å². The minimum absolute atomic E-state index is 0.0412. The number of ether oxygens (including phenoxy) is 2. The molecule has 0 saturated heterocycles. The van der Waals surface area contributed by atoms with Gasteiger partial charge >= 0.3 is 12.1 Å². The quantitative estimate of drug-likeness (QED) is 0.570. The molecule has 9 heteroatoms. The Hall–Kier alpha value is -1.64. The molecule has 0 aliphatic heterocycles. The third kappa shape index (κ3) is 5.00. The van der Waals surface area contributed by atoms with Gasteiger partial charge in [0.25, 0.3) is 0 Å². The van der Waals surface area contributed by atoms with E-state index in [-0.39, 0.29) is 25.7 Å². The van der Waals surface area contributed by atoms with Gasteiger partial charge in [-0.1, -0.05) is 19.1 Å². The van der Waals surface area contributed by atoms with Crippen LogP contribution in [0.3, 0.4) is 0 Å². The van der Waals surface area contributed by atoms with E-state index in [4.69, 9.17) is 4.74 Å². The molecule has 0 saturated carbocycles. The summed E-state index contributed by atoms with van der Waals surface area (Å²) >= 11 is 0. The highest BCUT2D eigenvalue weighted by atomic mass is 19.4. The predicted molar refractivity (Wildman–Crippen MR) is 66.6 cm³/mol. The number of nitrogens with zero attached hydrogens (tertiary/aromatic N) is 3. The molecule has 0 radical (unpaired) electrons. The summed E-state index contributed by atoms with van der Waals surface area (Å²) < 4.78 is 49.5. The van der Waals surface area contributed by atoms with Gasteiger partial charge in [-0.15, -0.1) is 5.10 Å². The zero-order chi connectivity index (χ0) is 16.0. The van der Waals surface area contributed by atoms with Gasteiger partial charge in [-0.25, -0.2) is 9.48 Å². The maximum Gasteiger partial charge on any atom is 0.435 e. The van der Waals surface area contributed by atoms with Crippen molar-refractivity contribution in [2.24, 2.45) is 5.92 Å². The second kappa shape index (κ2) is 7.39. The second-order valence-electron chi connectivity index (χ2n) is 4.70. The summed E-state index contributed by atoms with van der Waals surface area (Å²) in [7, 11) is 0. The average Bonchev–Trinajstić information content (AvgIpc) is 2.78. The molecule has 1 rings (SSSR count). The van der Waals surface area contributed by atoms with Crippen molar-refractivity contribution in [3.8, 4) is 0 Å². The lowest BCUT2D eigenvalue weighted by atomic mass is 10.2. The monoisotopic (exact) mass is 309 g/mol. The number of aromatic nitrogens is 3. The highest BCUT2D eigenvalue weighted by Gasteiger charge is 2.41. The van der Waals surface area contributed by atoms with Crippen molar-refractivity contribution in [2.75, 3.05) is 19.8 Å². The van der Waals surface area contributed by atoms with Gasteiger partial charge < -0.3 is 9.47 Å². The largest absolute Gasteiger partial charge is 0.461 e. The number of esters is 1. The van der Waals surface area contributed by atoms with Crippen LogP contribution in [-0.2, 0) is 22.2 Å². The first-order valence-electron chi connectivity index (χ1n) is 6.52. The zero-order valence-electron chi connectivity index (χ0n) is 12.1. The first-order chi connectivity index (χ1) is 9.77. The topological polar surface area (TPSA) is 66.2 Å². The van der Waals surface area contributed by atoms with E-state index < -0.39 is 23.5 Å². The van der Waals surface area contributed by atoms with Crippen LogP contribution in [0.5, 0.6) is 0 Å². The van der Waals surface area contributed by atoms with Crippen molar-refractivity contribution < 1.29 is 27.4 Å². The molecule has 1 heterocycles. The number of carbonyl (C=O) groups excluding carboxylic acids is 1. The maximum atomic E-state index is 13.0. The summed E-state index contributed by atoms with van der Waals surface area (Å²) in [5, 5.41) is 6.65. The van der Waals surface area contributed by atoms with Gasteiger partial charge in [-0.05, 0) is 12.8 Å². The molecular formula is C12H18F3N3O3. The van der Waals surface area contributed by atoms with E-state index in [2.05, 4.69) is 15.0 Å². The number of halogens is 3. The van der Waals surface area contributed by atoms with Crippen LogP contribution in [0.4, 0.5) is 13.2 Å². The molecule has 120 valence electrons. The van der Waals surface area contributed by atoms with Crippen molar-refractivity contribution in [3.05, 3.63) is 11.4 Å². The van der Waals surface area contributed by atoms with Crippen LogP contribution >= 0.6 is 0 Å². The van der Waals surface area contributed by atoms with Crippen molar-refractivity contribution in [2.45, 2.75) is 33.5 Å². The van der Waals surface area contributed by atoms with Crippen molar-refractivity contribution >= 4 is 5.97 Å². The van der Waals surface area contributed by atoms with Crippen LogP contribution in [0.15, 0.2) is 0 Å². The molecule has 0 unspecified atom stereocenters. The Bertz CT molecular complexity index is 472. The molecule has 0 aromatic carbocycles. The minimum atomic E-state index is -4.75. The SMILES string of the molecule is CCOC(=O)c1nnn(CCOCC(C)C)c1C(F)(F)F. The van der Waals surface area contributed by atoms with Crippen molar-refractivity contribution in [1.29, 1.82) is 0 Å². The Morgan fingerprint density at radius 1 is 1.38 bits per heavy atom. The van der Waals surface area contributed by atoms with E-state index in [9.17, 15) is 18.0 Å². The van der Waals surface area contributed by atoms with Crippen LogP contribution in [-0.4, -0.2) is 40.8 Å². The van der Waals surface area contributed by atoms with E-state index in [1.54, 1.807) is 0 Å². The first kappa shape index (κ1) is 17.4. The molecule has 1 aromatic rings. The smallest absolute Gasteiger partial charge is 0.435 e. The van der Waals surface area contributed by atoms with Crippen LogP contribution in [0.25, 0.3) is 0 Å². The molecule has 0 aliphatic rings. The first-order valence-corrected chi connectivity index (χ1v) is 6.52. The summed E-state index contributed by atoms with van der Waals surface area (Å²) in [5.41, 5.74) is -2.04. The maximum absolute atomic E-state index is 13.0. The van der Waals surface area contributed by atoms with Gasteiger partial charge in [0, 0.05) is 6.61 Å². The number of hydrogen-bond acceptors (Lipinski definition) is 5. The molecule has 0 amide bonds.